The van der Waals surface area contributed by atoms with Crippen molar-refractivity contribution in [1.82, 2.24) is 9.88 Å². The van der Waals surface area contributed by atoms with Crippen molar-refractivity contribution in [3.8, 4) is 5.75 Å². The van der Waals surface area contributed by atoms with Crippen molar-refractivity contribution in [3.63, 3.8) is 0 Å². The molecule has 2 aromatic rings. The second-order valence-electron chi connectivity index (χ2n) is 5.50. The van der Waals surface area contributed by atoms with Crippen LogP contribution in [0.5, 0.6) is 5.75 Å². The number of carbonyl (C=O) groups excluding carboxylic acids is 2. The maximum atomic E-state index is 12.5. The van der Waals surface area contributed by atoms with E-state index in [1.54, 1.807) is 12.1 Å². The Kier molecular flexibility index (Phi) is 4.41. The summed E-state index contributed by atoms with van der Waals surface area (Å²) in [5.41, 5.74) is 6.45. The number of aromatic nitrogens is 1. The molecule has 0 radical (unpaired) electrons. The fraction of sp³-hybridized carbons (Fsp3) is 0.188. The molecule has 136 valence electrons. The number of imide groups is 1. The van der Waals surface area contributed by atoms with Gasteiger partial charge in [0, 0.05) is 12.7 Å². The van der Waals surface area contributed by atoms with Gasteiger partial charge in [0.05, 0.1) is 5.69 Å². The van der Waals surface area contributed by atoms with Crippen molar-refractivity contribution in [3.05, 3.63) is 48.2 Å². The molecule has 1 saturated heterocycles. The molecule has 3 rings (SSSR count). The zero-order valence-electron chi connectivity index (χ0n) is 13.2. The van der Waals surface area contributed by atoms with Gasteiger partial charge in [0.1, 0.15) is 18.1 Å². The molecule has 26 heavy (non-hydrogen) atoms. The number of rotatable bonds is 4. The molecule has 2 N–H and O–H groups in total. The SMILES string of the molecule is Nc1cc(CN2CC(=O)N(c3ccc(OC(F)(F)F)cc3)C2=O)ccn1. The van der Waals surface area contributed by atoms with E-state index in [2.05, 4.69) is 9.72 Å². The number of urea groups is 1. The zero-order valence-corrected chi connectivity index (χ0v) is 13.2. The molecule has 1 aliphatic heterocycles. The molecule has 0 aliphatic carbocycles. The molecule has 10 heteroatoms. The molecule has 1 fully saturated rings. The summed E-state index contributed by atoms with van der Waals surface area (Å²) in [7, 11) is 0. The third-order valence-electron chi connectivity index (χ3n) is 3.58. The summed E-state index contributed by atoms with van der Waals surface area (Å²) < 4.78 is 40.3. The van der Waals surface area contributed by atoms with E-state index in [1.165, 1.54) is 23.2 Å². The summed E-state index contributed by atoms with van der Waals surface area (Å²) in [6, 6.07) is 7.18. The Morgan fingerprint density at radius 3 is 2.46 bits per heavy atom. The standard InChI is InChI=1S/C16H13F3N4O3/c17-16(18,19)26-12-3-1-11(2-4-12)23-14(24)9-22(15(23)25)8-10-5-6-21-13(20)7-10/h1-7H,8-9H2,(H2,20,21). The summed E-state index contributed by atoms with van der Waals surface area (Å²) in [4.78, 5) is 30.7. The van der Waals surface area contributed by atoms with Crippen LogP contribution < -0.4 is 15.4 Å². The molecular weight excluding hydrogens is 353 g/mol. The maximum absolute atomic E-state index is 12.5. The molecule has 0 saturated carbocycles. The number of halogens is 3. The molecule has 0 atom stereocenters. The minimum Gasteiger partial charge on any atom is -0.406 e. The first-order valence-electron chi connectivity index (χ1n) is 7.41. The smallest absolute Gasteiger partial charge is 0.406 e. The van der Waals surface area contributed by atoms with E-state index in [4.69, 9.17) is 5.73 Å². The topological polar surface area (TPSA) is 88.8 Å². The predicted molar refractivity (Wildman–Crippen MR) is 85.1 cm³/mol. The second kappa shape index (κ2) is 6.54. The van der Waals surface area contributed by atoms with Crippen LogP contribution in [0.15, 0.2) is 42.6 Å². The number of benzene rings is 1. The number of carbonyl (C=O) groups is 2. The number of ether oxygens (including phenoxy) is 1. The van der Waals surface area contributed by atoms with Gasteiger partial charge in [-0.3, -0.25) is 4.79 Å². The Balaban J connectivity index is 1.74. The van der Waals surface area contributed by atoms with Crippen LogP contribution in [0.2, 0.25) is 0 Å². The van der Waals surface area contributed by atoms with E-state index in [9.17, 15) is 22.8 Å². The third-order valence-corrected chi connectivity index (χ3v) is 3.58. The van der Waals surface area contributed by atoms with Gasteiger partial charge in [-0.05, 0) is 42.0 Å². The molecule has 1 aromatic carbocycles. The number of alkyl halides is 3. The Morgan fingerprint density at radius 1 is 1.15 bits per heavy atom. The summed E-state index contributed by atoms with van der Waals surface area (Å²) >= 11 is 0. The first-order valence-corrected chi connectivity index (χ1v) is 7.41. The average Bonchev–Trinajstić information content (AvgIpc) is 2.81. The lowest BCUT2D eigenvalue weighted by molar-refractivity contribution is -0.274. The second-order valence-corrected chi connectivity index (χ2v) is 5.50. The lowest BCUT2D eigenvalue weighted by Gasteiger charge is -2.17. The number of amides is 3. The average molecular weight is 366 g/mol. The number of anilines is 2. The highest BCUT2D eigenvalue weighted by Crippen LogP contribution is 2.28. The van der Waals surface area contributed by atoms with Gasteiger partial charge in [-0.2, -0.15) is 0 Å². The Bertz CT molecular complexity index is 839. The molecule has 7 nitrogen and oxygen atoms in total. The third kappa shape index (κ3) is 3.85. The van der Waals surface area contributed by atoms with Crippen LogP contribution in [0.25, 0.3) is 0 Å². The summed E-state index contributed by atoms with van der Waals surface area (Å²) in [6.45, 7) is 0.00489. The lowest BCUT2D eigenvalue weighted by Crippen LogP contribution is -2.32. The first kappa shape index (κ1) is 17.5. The van der Waals surface area contributed by atoms with Gasteiger partial charge >= 0.3 is 12.4 Å². The van der Waals surface area contributed by atoms with Gasteiger partial charge in [0.2, 0.25) is 0 Å². The summed E-state index contributed by atoms with van der Waals surface area (Å²) in [5.74, 6) is -0.636. The highest BCUT2D eigenvalue weighted by atomic mass is 19.4. The zero-order chi connectivity index (χ0) is 18.9. The number of nitrogen functional groups attached to an aromatic ring is 1. The van der Waals surface area contributed by atoms with Crippen LogP contribution in [0.4, 0.5) is 29.5 Å². The Hall–Kier alpha value is -3.30. The molecule has 1 aromatic heterocycles. The van der Waals surface area contributed by atoms with Crippen molar-refractivity contribution < 1.29 is 27.5 Å². The van der Waals surface area contributed by atoms with Gasteiger partial charge in [-0.25, -0.2) is 14.7 Å². The molecule has 0 bridgehead atoms. The lowest BCUT2D eigenvalue weighted by atomic mass is 10.2. The van der Waals surface area contributed by atoms with Crippen LogP contribution in [-0.4, -0.2) is 34.7 Å². The normalized spacial score (nSPS) is 14.9. The van der Waals surface area contributed by atoms with Crippen LogP contribution in [0.3, 0.4) is 0 Å². The van der Waals surface area contributed by atoms with Crippen molar-refractivity contribution in [2.75, 3.05) is 17.2 Å². The molecule has 0 unspecified atom stereocenters. The van der Waals surface area contributed by atoms with E-state index in [-0.39, 0.29) is 24.6 Å². The van der Waals surface area contributed by atoms with Crippen LogP contribution >= 0.6 is 0 Å². The van der Waals surface area contributed by atoms with E-state index in [1.807, 2.05) is 0 Å². The largest absolute Gasteiger partial charge is 0.573 e. The predicted octanol–water partition coefficient (Wildman–Crippen LogP) is 2.53. The molecule has 2 heterocycles. The quantitative estimate of drug-likeness (QED) is 0.840. The Morgan fingerprint density at radius 2 is 1.85 bits per heavy atom. The van der Waals surface area contributed by atoms with Crippen molar-refractivity contribution in [2.24, 2.45) is 0 Å². The molecule has 0 spiro atoms. The minimum absolute atomic E-state index is 0.151. The number of pyridine rings is 1. The molecular formula is C16H13F3N4O3. The van der Waals surface area contributed by atoms with Gasteiger partial charge in [-0.15, -0.1) is 13.2 Å². The fourth-order valence-electron chi connectivity index (χ4n) is 2.54. The van der Waals surface area contributed by atoms with Crippen LogP contribution in [0.1, 0.15) is 5.56 Å². The number of nitrogens with zero attached hydrogens (tertiary/aromatic N) is 3. The van der Waals surface area contributed by atoms with Gasteiger partial charge in [0.15, 0.2) is 0 Å². The van der Waals surface area contributed by atoms with E-state index >= 15 is 0 Å². The van der Waals surface area contributed by atoms with E-state index in [0.717, 1.165) is 17.0 Å². The van der Waals surface area contributed by atoms with Crippen molar-refractivity contribution >= 4 is 23.4 Å². The monoisotopic (exact) mass is 366 g/mol. The highest BCUT2D eigenvalue weighted by Gasteiger charge is 2.37. The molecule has 1 aliphatic rings. The number of hydrogen-bond donors (Lipinski definition) is 1. The highest BCUT2D eigenvalue weighted by molar-refractivity contribution is 6.19. The van der Waals surface area contributed by atoms with Gasteiger partial charge in [0.25, 0.3) is 5.91 Å². The van der Waals surface area contributed by atoms with Crippen LogP contribution in [-0.2, 0) is 11.3 Å². The Labute approximate surface area is 145 Å². The van der Waals surface area contributed by atoms with Gasteiger partial charge < -0.3 is 15.4 Å². The number of hydrogen-bond acceptors (Lipinski definition) is 5. The van der Waals surface area contributed by atoms with E-state index < -0.39 is 24.1 Å². The first-order chi connectivity index (χ1) is 12.2. The number of nitrogens with two attached hydrogens (primary N) is 1. The maximum Gasteiger partial charge on any atom is 0.573 e. The van der Waals surface area contributed by atoms with Crippen molar-refractivity contribution in [2.45, 2.75) is 12.9 Å². The summed E-state index contributed by atoms with van der Waals surface area (Å²) in [6.07, 6.45) is -3.33. The summed E-state index contributed by atoms with van der Waals surface area (Å²) in [5, 5.41) is 0. The van der Waals surface area contributed by atoms with Crippen LogP contribution in [0, 0.1) is 0 Å². The van der Waals surface area contributed by atoms with Crippen molar-refractivity contribution in [1.29, 1.82) is 0 Å². The molecule has 3 amide bonds. The van der Waals surface area contributed by atoms with Gasteiger partial charge in [-0.1, -0.05) is 0 Å². The fourth-order valence-corrected chi connectivity index (χ4v) is 2.54. The minimum atomic E-state index is -4.82. The van der Waals surface area contributed by atoms with E-state index in [0.29, 0.717) is 5.56 Å².